The van der Waals surface area contributed by atoms with Gasteiger partial charge in [-0.3, -0.25) is 4.79 Å². The predicted molar refractivity (Wildman–Crippen MR) is 65.1 cm³/mol. The van der Waals surface area contributed by atoms with Crippen molar-refractivity contribution in [3.8, 4) is 0 Å². The summed E-state index contributed by atoms with van der Waals surface area (Å²) in [5, 5.41) is 0. The van der Waals surface area contributed by atoms with Crippen molar-refractivity contribution in [2.75, 3.05) is 6.61 Å². The van der Waals surface area contributed by atoms with Crippen LogP contribution < -0.4 is 0 Å². The molecular weight excluding hydrogens is 204 g/mol. The molecular formula is C13H26O3. The highest BCUT2D eigenvalue weighted by molar-refractivity contribution is 5.75. The van der Waals surface area contributed by atoms with E-state index in [-0.39, 0.29) is 5.97 Å². The Kier molecular flexibility index (Phi) is 7.39. The van der Waals surface area contributed by atoms with E-state index < -0.39 is 11.7 Å². The lowest BCUT2D eigenvalue weighted by atomic mass is 9.91. The number of hydrogen-bond acceptors (Lipinski definition) is 3. The third-order valence-corrected chi connectivity index (χ3v) is 2.81. The van der Waals surface area contributed by atoms with Crippen LogP contribution in [-0.4, -0.2) is 18.9 Å². The van der Waals surface area contributed by atoms with Crippen molar-refractivity contribution < 1.29 is 14.3 Å². The van der Waals surface area contributed by atoms with Gasteiger partial charge in [-0.25, -0.2) is 0 Å². The van der Waals surface area contributed by atoms with Crippen LogP contribution in [0.3, 0.4) is 0 Å². The summed E-state index contributed by atoms with van der Waals surface area (Å²) in [6.45, 7) is 10.3. The molecule has 96 valence electrons. The molecule has 0 rings (SSSR count). The van der Waals surface area contributed by atoms with Crippen LogP contribution in [0.15, 0.2) is 0 Å². The Morgan fingerprint density at radius 2 is 1.88 bits per heavy atom. The number of hydrogen-bond donors (Lipinski definition) is 0. The second-order valence-corrected chi connectivity index (χ2v) is 4.79. The molecule has 0 saturated heterocycles. The number of unbranched alkanes of at least 4 members (excludes halogenated alkanes) is 2. The van der Waals surface area contributed by atoms with Gasteiger partial charge >= 0.3 is 5.97 Å². The molecule has 0 N–H and O–H groups in total. The normalized spacial score (nSPS) is 13.6. The van der Waals surface area contributed by atoms with Crippen LogP contribution in [0.1, 0.15) is 60.3 Å². The van der Waals surface area contributed by atoms with E-state index in [4.69, 9.17) is 9.47 Å². The van der Waals surface area contributed by atoms with Crippen molar-refractivity contribution >= 4 is 5.97 Å². The van der Waals surface area contributed by atoms with Crippen molar-refractivity contribution in [1.82, 2.24) is 0 Å². The van der Waals surface area contributed by atoms with Crippen LogP contribution in [-0.2, 0) is 14.3 Å². The minimum absolute atomic E-state index is 0.182. The molecule has 0 bridgehead atoms. The van der Waals surface area contributed by atoms with Crippen molar-refractivity contribution in [2.24, 2.45) is 5.41 Å². The summed E-state index contributed by atoms with van der Waals surface area (Å²) < 4.78 is 10.6. The lowest BCUT2D eigenvalue weighted by Gasteiger charge is -2.23. The molecule has 0 spiro atoms. The number of carbonyl (C=O) groups excluding carboxylic acids is 1. The standard InChI is InChI=1S/C13H26O3/c1-6-8-9-10-15-11(3)16-12(14)13(4,5)7-2/h11H,6-10H2,1-5H3. The molecule has 0 heterocycles. The van der Waals surface area contributed by atoms with Crippen LogP contribution in [0.5, 0.6) is 0 Å². The second kappa shape index (κ2) is 7.66. The third-order valence-electron chi connectivity index (χ3n) is 2.81. The number of esters is 1. The Labute approximate surface area is 99.5 Å². The van der Waals surface area contributed by atoms with Gasteiger partial charge in [0.15, 0.2) is 6.29 Å². The molecule has 3 nitrogen and oxygen atoms in total. The summed E-state index contributed by atoms with van der Waals surface area (Å²) in [7, 11) is 0. The smallest absolute Gasteiger partial charge is 0.313 e. The van der Waals surface area contributed by atoms with Gasteiger partial charge in [-0.05, 0) is 33.6 Å². The summed E-state index contributed by atoms with van der Waals surface area (Å²) in [6.07, 6.45) is 3.68. The molecule has 0 radical (unpaired) electrons. The molecule has 0 fully saturated rings. The van der Waals surface area contributed by atoms with Crippen molar-refractivity contribution in [3.63, 3.8) is 0 Å². The van der Waals surface area contributed by atoms with Crippen LogP contribution in [0.25, 0.3) is 0 Å². The first-order chi connectivity index (χ1) is 7.44. The summed E-state index contributed by atoms with van der Waals surface area (Å²) >= 11 is 0. The zero-order valence-electron chi connectivity index (χ0n) is 11.3. The van der Waals surface area contributed by atoms with Crippen molar-refractivity contribution in [1.29, 1.82) is 0 Å². The van der Waals surface area contributed by atoms with Gasteiger partial charge in [-0.2, -0.15) is 0 Å². The fourth-order valence-electron chi connectivity index (χ4n) is 1.09. The largest absolute Gasteiger partial charge is 0.436 e. The highest BCUT2D eigenvalue weighted by atomic mass is 16.7. The van der Waals surface area contributed by atoms with Gasteiger partial charge < -0.3 is 9.47 Å². The molecule has 0 amide bonds. The van der Waals surface area contributed by atoms with E-state index in [0.29, 0.717) is 6.61 Å². The summed E-state index contributed by atoms with van der Waals surface area (Å²) in [5.74, 6) is -0.182. The van der Waals surface area contributed by atoms with Gasteiger partial charge in [0.05, 0.1) is 12.0 Å². The van der Waals surface area contributed by atoms with Crippen molar-refractivity contribution in [3.05, 3.63) is 0 Å². The SMILES string of the molecule is CCCCCOC(C)OC(=O)C(C)(C)CC. The van der Waals surface area contributed by atoms with E-state index >= 15 is 0 Å². The minimum Gasteiger partial charge on any atom is -0.436 e. The Hall–Kier alpha value is -0.570. The zero-order chi connectivity index (χ0) is 12.6. The maximum Gasteiger partial charge on any atom is 0.313 e. The molecule has 1 unspecified atom stereocenters. The van der Waals surface area contributed by atoms with Crippen molar-refractivity contribution in [2.45, 2.75) is 66.6 Å². The third kappa shape index (κ3) is 6.11. The molecule has 0 aliphatic carbocycles. The lowest BCUT2D eigenvalue weighted by molar-refractivity contribution is -0.185. The van der Waals surface area contributed by atoms with Crippen LogP contribution in [0, 0.1) is 5.41 Å². The fourth-order valence-corrected chi connectivity index (χ4v) is 1.09. The molecule has 0 aliphatic heterocycles. The number of rotatable bonds is 8. The minimum atomic E-state index is -0.435. The van der Waals surface area contributed by atoms with Gasteiger partial charge in [-0.15, -0.1) is 0 Å². The molecule has 0 aromatic carbocycles. The number of ether oxygens (including phenoxy) is 2. The first-order valence-corrected chi connectivity index (χ1v) is 6.26. The average Bonchev–Trinajstić information content (AvgIpc) is 2.24. The first-order valence-electron chi connectivity index (χ1n) is 6.26. The molecule has 1 atom stereocenters. The van der Waals surface area contributed by atoms with E-state index in [2.05, 4.69) is 6.92 Å². The predicted octanol–water partition coefficient (Wildman–Crippen LogP) is 3.52. The van der Waals surface area contributed by atoms with Crippen LogP contribution >= 0.6 is 0 Å². The summed E-state index contributed by atoms with van der Waals surface area (Å²) in [4.78, 5) is 11.7. The highest BCUT2D eigenvalue weighted by Crippen LogP contribution is 2.22. The quantitative estimate of drug-likeness (QED) is 0.363. The van der Waals surface area contributed by atoms with Gasteiger partial charge in [0, 0.05) is 0 Å². The molecule has 0 aromatic heterocycles. The number of carbonyl (C=O) groups is 1. The Balaban J connectivity index is 3.78. The molecule has 0 aromatic rings. The average molecular weight is 230 g/mol. The topological polar surface area (TPSA) is 35.5 Å². The molecule has 0 saturated carbocycles. The summed E-state index contributed by atoms with van der Waals surface area (Å²) in [5.41, 5.74) is -0.416. The first kappa shape index (κ1) is 15.4. The Bertz CT molecular complexity index is 199. The maximum atomic E-state index is 11.7. The molecule has 16 heavy (non-hydrogen) atoms. The maximum absolute atomic E-state index is 11.7. The lowest BCUT2D eigenvalue weighted by Crippen LogP contribution is -2.30. The van der Waals surface area contributed by atoms with Gasteiger partial charge in [-0.1, -0.05) is 26.7 Å². The van der Waals surface area contributed by atoms with E-state index in [0.717, 1.165) is 19.3 Å². The monoisotopic (exact) mass is 230 g/mol. The Morgan fingerprint density at radius 1 is 1.25 bits per heavy atom. The van der Waals surface area contributed by atoms with Gasteiger partial charge in [0.25, 0.3) is 0 Å². The highest BCUT2D eigenvalue weighted by Gasteiger charge is 2.28. The second-order valence-electron chi connectivity index (χ2n) is 4.79. The van der Waals surface area contributed by atoms with E-state index in [1.165, 1.54) is 6.42 Å². The van der Waals surface area contributed by atoms with Crippen LogP contribution in [0.2, 0.25) is 0 Å². The zero-order valence-corrected chi connectivity index (χ0v) is 11.3. The van der Waals surface area contributed by atoms with Gasteiger partial charge in [0.2, 0.25) is 0 Å². The molecule has 0 aliphatic rings. The van der Waals surface area contributed by atoms with Crippen LogP contribution in [0.4, 0.5) is 0 Å². The fraction of sp³-hybridized carbons (Fsp3) is 0.923. The Morgan fingerprint density at radius 3 is 2.38 bits per heavy atom. The summed E-state index contributed by atoms with van der Waals surface area (Å²) in [6, 6.07) is 0. The molecule has 3 heteroatoms. The van der Waals surface area contributed by atoms with E-state index in [1.807, 2.05) is 20.8 Å². The van der Waals surface area contributed by atoms with E-state index in [1.54, 1.807) is 6.92 Å². The van der Waals surface area contributed by atoms with E-state index in [9.17, 15) is 4.79 Å². The van der Waals surface area contributed by atoms with Gasteiger partial charge in [0.1, 0.15) is 0 Å².